The van der Waals surface area contributed by atoms with E-state index in [0.717, 1.165) is 16.3 Å². The molecule has 0 spiro atoms. The van der Waals surface area contributed by atoms with Crippen molar-refractivity contribution >= 4 is 45.1 Å². The number of pyridine rings is 1. The molecule has 5 rings (SSSR count). The van der Waals surface area contributed by atoms with Gasteiger partial charge in [0, 0.05) is 35.8 Å². The number of halogens is 3. The van der Waals surface area contributed by atoms with Crippen molar-refractivity contribution in [2.75, 3.05) is 22.9 Å². The van der Waals surface area contributed by atoms with E-state index in [4.69, 9.17) is 5.73 Å². The summed E-state index contributed by atoms with van der Waals surface area (Å²) in [6.45, 7) is -1.03. The Hall–Kier alpha value is -4.42. The normalized spacial score (nSPS) is 11.6. The summed E-state index contributed by atoms with van der Waals surface area (Å²) >= 11 is 1.40. The zero-order chi connectivity index (χ0) is 26.7. The number of aromatic nitrogens is 3. The van der Waals surface area contributed by atoms with Crippen LogP contribution in [-0.4, -0.2) is 33.0 Å². The number of carbonyl (C=O) groups excluding carboxylic acids is 1. The third kappa shape index (κ3) is 5.76. The predicted octanol–water partition coefficient (Wildman–Crippen LogP) is 5.69. The lowest BCUT2D eigenvalue weighted by molar-refractivity contribution is -0.125. The van der Waals surface area contributed by atoms with Crippen molar-refractivity contribution in [1.82, 2.24) is 19.7 Å². The summed E-state index contributed by atoms with van der Waals surface area (Å²) in [5.41, 5.74) is 10.2. The molecule has 2 aromatic carbocycles. The van der Waals surface area contributed by atoms with E-state index in [0.29, 0.717) is 33.3 Å². The van der Waals surface area contributed by atoms with Crippen molar-refractivity contribution < 1.29 is 18.0 Å². The van der Waals surface area contributed by atoms with Gasteiger partial charge in [-0.2, -0.15) is 13.2 Å². The molecule has 12 heteroatoms. The van der Waals surface area contributed by atoms with Crippen molar-refractivity contribution in [2.45, 2.75) is 12.7 Å². The number of hydrogen-bond acceptors (Lipinski definition) is 7. The minimum absolute atomic E-state index is 0.0442. The molecule has 5 aromatic rings. The first-order chi connectivity index (χ1) is 18.3. The quantitative estimate of drug-likeness (QED) is 0.190. The van der Waals surface area contributed by atoms with Crippen LogP contribution in [0.15, 0.2) is 79.3 Å². The van der Waals surface area contributed by atoms with Gasteiger partial charge >= 0.3 is 6.18 Å². The maximum Gasteiger partial charge on any atom is 0.401 e. The molecule has 5 N–H and O–H groups in total. The highest BCUT2D eigenvalue weighted by atomic mass is 32.1. The molecule has 3 aromatic heterocycles. The van der Waals surface area contributed by atoms with Gasteiger partial charge in [-0.15, -0.1) is 0 Å². The summed E-state index contributed by atoms with van der Waals surface area (Å²) < 4.78 is 39.3. The van der Waals surface area contributed by atoms with E-state index in [2.05, 4.69) is 25.9 Å². The highest BCUT2D eigenvalue weighted by molar-refractivity contribution is 7.18. The number of alkyl halides is 3. The number of hydrogen-bond donors (Lipinski definition) is 4. The number of amides is 1. The molecule has 0 saturated carbocycles. The van der Waals surface area contributed by atoms with Crippen LogP contribution in [0.2, 0.25) is 0 Å². The Balaban J connectivity index is 1.26. The maximum absolute atomic E-state index is 12.5. The number of carbonyl (C=O) groups is 1. The van der Waals surface area contributed by atoms with Crippen molar-refractivity contribution in [3.63, 3.8) is 0 Å². The van der Waals surface area contributed by atoms with Gasteiger partial charge in [0.05, 0.1) is 34.7 Å². The first-order valence-electron chi connectivity index (χ1n) is 11.5. The van der Waals surface area contributed by atoms with E-state index in [9.17, 15) is 18.0 Å². The molecule has 0 aliphatic carbocycles. The number of nitrogens with zero attached hydrogens (tertiary/aromatic N) is 3. The van der Waals surface area contributed by atoms with Gasteiger partial charge in [0.1, 0.15) is 5.65 Å². The third-order valence-corrected chi connectivity index (χ3v) is 6.56. The van der Waals surface area contributed by atoms with Gasteiger partial charge in [-0.1, -0.05) is 29.5 Å². The number of nitrogen functional groups attached to an aromatic ring is 1. The van der Waals surface area contributed by atoms with E-state index in [1.807, 2.05) is 10.6 Å². The van der Waals surface area contributed by atoms with Crippen LogP contribution in [0, 0.1) is 0 Å². The molecule has 0 bridgehead atoms. The molecule has 0 saturated heterocycles. The van der Waals surface area contributed by atoms with Gasteiger partial charge in [-0.05, 0) is 42.5 Å². The lowest BCUT2D eigenvalue weighted by atomic mass is 10.2. The highest BCUT2D eigenvalue weighted by Crippen LogP contribution is 2.32. The second-order valence-electron chi connectivity index (χ2n) is 8.36. The van der Waals surface area contributed by atoms with Gasteiger partial charge in [-0.25, -0.2) is 9.97 Å². The van der Waals surface area contributed by atoms with Crippen molar-refractivity contribution in [1.29, 1.82) is 0 Å². The molecule has 0 unspecified atom stereocenters. The zero-order valence-corrected chi connectivity index (χ0v) is 20.6. The lowest BCUT2D eigenvalue weighted by Gasteiger charge is -2.09. The van der Waals surface area contributed by atoms with Crippen LogP contribution < -0.4 is 21.7 Å². The van der Waals surface area contributed by atoms with Crippen LogP contribution >= 0.6 is 11.3 Å². The molecule has 38 heavy (non-hydrogen) atoms. The molecule has 8 nitrogen and oxygen atoms in total. The fourth-order valence-electron chi connectivity index (χ4n) is 3.81. The number of rotatable bonds is 8. The molecular weight excluding hydrogens is 515 g/mol. The Bertz CT molecular complexity index is 1580. The van der Waals surface area contributed by atoms with E-state index in [-0.39, 0.29) is 12.5 Å². The van der Waals surface area contributed by atoms with Crippen LogP contribution in [0.4, 0.5) is 35.4 Å². The van der Waals surface area contributed by atoms with Crippen LogP contribution in [0.3, 0.4) is 0 Å². The van der Waals surface area contributed by atoms with Crippen molar-refractivity contribution in [3.05, 3.63) is 90.4 Å². The molecule has 0 aliphatic heterocycles. The zero-order valence-electron chi connectivity index (χ0n) is 19.8. The molecule has 1 amide bonds. The second kappa shape index (κ2) is 10.5. The molecular formula is C26H22F3N7OS. The molecule has 0 fully saturated rings. The van der Waals surface area contributed by atoms with Gasteiger partial charge in [0.2, 0.25) is 0 Å². The minimum atomic E-state index is -4.28. The summed E-state index contributed by atoms with van der Waals surface area (Å²) in [4.78, 5) is 22.2. The Kier molecular flexibility index (Phi) is 6.99. The average molecular weight is 538 g/mol. The summed E-state index contributed by atoms with van der Waals surface area (Å²) in [7, 11) is 0. The van der Waals surface area contributed by atoms with Gasteiger partial charge < -0.3 is 21.7 Å². The predicted molar refractivity (Wildman–Crippen MR) is 143 cm³/mol. The Labute approximate surface area is 219 Å². The standard InChI is InChI=1S/C26H22F3N7OS/c27-26(28,29)15-31-12-17-4-3-11-36-21(13-32-23(17)36)22-14-33-25(38-22)34-18-9-7-16(8-10-18)24(37)35-20-6-2-1-5-19(20)30/h1-11,13-14,31H,12,15,30H2,(H,33,34)(H,35,37). The molecule has 0 atom stereocenters. The van der Waals surface area contributed by atoms with E-state index < -0.39 is 12.7 Å². The Morgan fingerprint density at radius 2 is 1.79 bits per heavy atom. The number of fused-ring (bicyclic) bond motifs is 1. The van der Waals surface area contributed by atoms with Crippen molar-refractivity contribution in [3.8, 4) is 10.6 Å². The molecule has 194 valence electrons. The average Bonchev–Trinajstić information content (AvgIpc) is 3.52. The van der Waals surface area contributed by atoms with E-state index in [1.165, 1.54) is 11.3 Å². The highest BCUT2D eigenvalue weighted by Gasteiger charge is 2.26. The van der Waals surface area contributed by atoms with Gasteiger partial charge in [0.25, 0.3) is 5.91 Å². The Morgan fingerprint density at radius 1 is 1.00 bits per heavy atom. The van der Waals surface area contributed by atoms with E-state index in [1.54, 1.807) is 73.1 Å². The largest absolute Gasteiger partial charge is 0.401 e. The van der Waals surface area contributed by atoms with Gasteiger partial charge in [0.15, 0.2) is 5.13 Å². The molecule has 3 heterocycles. The first-order valence-corrected chi connectivity index (χ1v) is 12.3. The monoisotopic (exact) mass is 537 g/mol. The van der Waals surface area contributed by atoms with Crippen LogP contribution in [0.25, 0.3) is 16.2 Å². The summed E-state index contributed by atoms with van der Waals surface area (Å²) in [5.74, 6) is -0.272. The minimum Gasteiger partial charge on any atom is -0.397 e. The number of imidazole rings is 1. The molecule has 0 radical (unpaired) electrons. The van der Waals surface area contributed by atoms with Crippen molar-refractivity contribution in [2.24, 2.45) is 0 Å². The third-order valence-electron chi connectivity index (χ3n) is 5.62. The topological polar surface area (TPSA) is 109 Å². The van der Waals surface area contributed by atoms with E-state index >= 15 is 0 Å². The van der Waals surface area contributed by atoms with Crippen LogP contribution in [0.1, 0.15) is 15.9 Å². The Morgan fingerprint density at radius 3 is 2.55 bits per heavy atom. The summed E-state index contributed by atoms with van der Waals surface area (Å²) in [6, 6.07) is 17.5. The number of nitrogens with two attached hydrogens (primary N) is 1. The maximum atomic E-state index is 12.5. The van der Waals surface area contributed by atoms with Crippen LogP contribution in [0.5, 0.6) is 0 Å². The fraction of sp³-hybridized carbons (Fsp3) is 0.115. The number of nitrogens with one attached hydrogen (secondary N) is 3. The smallest absolute Gasteiger partial charge is 0.397 e. The molecule has 0 aliphatic rings. The first kappa shape index (κ1) is 25.2. The second-order valence-corrected chi connectivity index (χ2v) is 9.39. The number of thiazole rings is 1. The lowest BCUT2D eigenvalue weighted by Crippen LogP contribution is -2.28. The number of anilines is 4. The summed E-state index contributed by atoms with van der Waals surface area (Å²) in [6.07, 6.45) is 0.912. The SMILES string of the molecule is Nc1ccccc1NC(=O)c1ccc(Nc2ncc(-c3cnc4c(CNCC(F)(F)F)cccn34)s2)cc1. The number of para-hydroxylation sites is 2. The van der Waals surface area contributed by atoms with Crippen LogP contribution in [-0.2, 0) is 6.54 Å². The fourth-order valence-corrected chi connectivity index (χ4v) is 4.66. The van der Waals surface area contributed by atoms with Gasteiger partial charge in [-0.3, -0.25) is 9.20 Å². The number of benzene rings is 2. The summed E-state index contributed by atoms with van der Waals surface area (Å²) in [5, 5.41) is 9.06.